The normalized spacial score (nSPS) is 40.0. The molecule has 3 unspecified atom stereocenters. The molecule has 5 nitrogen and oxygen atoms in total. The van der Waals surface area contributed by atoms with Crippen LogP contribution in [0.15, 0.2) is 0 Å². The minimum absolute atomic E-state index is 0.0596. The number of hydrogen-bond donors (Lipinski definition) is 1. The van der Waals surface area contributed by atoms with Crippen LogP contribution >= 0.6 is 0 Å². The maximum absolute atomic E-state index is 11.9. The van der Waals surface area contributed by atoms with Gasteiger partial charge in [-0.15, -0.1) is 0 Å². The maximum atomic E-state index is 11.9. The summed E-state index contributed by atoms with van der Waals surface area (Å²) in [4.78, 5) is 27.2. The van der Waals surface area contributed by atoms with E-state index >= 15 is 0 Å². The Kier molecular flexibility index (Phi) is 3.35. The number of nitrogens with zero attached hydrogens (tertiary/aromatic N) is 2. The minimum Gasteiger partial charge on any atom is -0.303 e. The summed E-state index contributed by atoms with van der Waals surface area (Å²) in [6.07, 6.45) is 6.40. The fourth-order valence-corrected chi connectivity index (χ4v) is 3.92. The second-order valence-electron chi connectivity index (χ2n) is 6.29. The topological polar surface area (TPSA) is 52.7 Å². The molecule has 106 valence electrons. The molecule has 3 aliphatic rings. The van der Waals surface area contributed by atoms with Gasteiger partial charge in [0.05, 0.1) is 12.5 Å². The van der Waals surface area contributed by atoms with Gasteiger partial charge < -0.3 is 10.2 Å². The molecule has 2 bridgehead atoms. The molecule has 19 heavy (non-hydrogen) atoms. The van der Waals surface area contributed by atoms with Crippen LogP contribution < -0.4 is 5.32 Å². The third-order valence-corrected chi connectivity index (χ3v) is 5.16. The number of imide groups is 1. The van der Waals surface area contributed by atoms with Crippen LogP contribution in [0.4, 0.5) is 0 Å². The lowest BCUT2D eigenvalue weighted by Crippen LogP contribution is -2.56. The molecule has 3 aliphatic heterocycles. The molecule has 0 spiro atoms. The zero-order valence-electron chi connectivity index (χ0n) is 11.8. The van der Waals surface area contributed by atoms with Crippen LogP contribution in [0.5, 0.6) is 0 Å². The van der Waals surface area contributed by atoms with E-state index in [1.54, 1.807) is 7.05 Å². The molecule has 3 rings (SSSR count). The van der Waals surface area contributed by atoms with Crippen molar-refractivity contribution in [1.82, 2.24) is 15.1 Å². The molecule has 0 aromatic rings. The number of piperidine rings is 2. The molecular weight excluding hydrogens is 242 g/mol. The highest BCUT2D eigenvalue weighted by Crippen LogP contribution is 2.33. The number of carbonyl (C=O) groups is 2. The van der Waals surface area contributed by atoms with Gasteiger partial charge >= 0.3 is 0 Å². The molecule has 3 heterocycles. The Morgan fingerprint density at radius 2 is 1.74 bits per heavy atom. The highest BCUT2D eigenvalue weighted by Gasteiger charge is 2.41. The first-order chi connectivity index (χ1) is 9.06. The molecular formula is C14H23N3O2. The van der Waals surface area contributed by atoms with E-state index in [1.165, 1.54) is 24.2 Å². The van der Waals surface area contributed by atoms with Crippen LogP contribution in [0.2, 0.25) is 0 Å². The highest BCUT2D eigenvalue weighted by atomic mass is 16.2. The molecule has 3 atom stereocenters. The molecule has 2 amide bonds. The average molecular weight is 265 g/mol. The first-order valence-electron chi connectivity index (χ1n) is 7.34. The summed E-state index contributed by atoms with van der Waals surface area (Å²) < 4.78 is 0. The fraction of sp³-hybridized carbons (Fsp3) is 0.857. The van der Waals surface area contributed by atoms with Gasteiger partial charge in [0.25, 0.3) is 0 Å². The first kappa shape index (κ1) is 13.1. The number of fused-ring (bicyclic) bond motifs is 2. The monoisotopic (exact) mass is 265 g/mol. The Bertz CT molecular complexity index is 384. The van der Waals surface area contributed by atoms with Gasteiger partial charge in [-0.2, -0.15) is 0 Å². The molecule has 5 heteroatoms. The van der Waals surface area contributed by atoms with E-state index in [0.29, 0.717) is 24.5 Å². The van der Waals surface area contributed by atoms with Gasteiger partial charge in [-0.05, 0) is 32.7 Å². The van der Waals surface area contributed by atoms with Crippen LogP contribution in [0.25, 0.3) is 0 Å². The zero-order valence-corrected chi connectivity index (χ0v) is 11.8. The van der Waals surface area contributed by atoms with Crippen LogP contribution in [-0.4, -0.2) is 59.9 Å². The SMILES string of the molecule is CN1C(=O)CC(NC2CC3CCCC(C2)N3C)C1=O. The molecule has 0 aromatic heterocycles. The number of carbonyl (C=O) groups excluding carboxylic acids is 2. The van der Waals surface area contributed by atoms with Crippen LogP contribution in [-0.2, 0) is 9.59 Å². The van der Waals surface area contributed by atoms with Crippen molar-refractivity contribution >= 4 is 11.8 Å². The third-order valence-electron chi connectivity index (χ3n) is 5.16. The van der Waals surface area contributed by atoms with Crippen molar-refractivity contribution in [3.8, 4) is 0 Å². The van der Waals surface area contributed by atoms with Crippen molar-refractivity contribution in [2.75, 3.05) is 14.1 Å². The Labute approximate surface area is 114 Å². The number of likely N-dealkylation sites (tertiary alicyclic amines) is 1. The Hall–Kier alpha value is -0.940. The van der Waals surface area contributed by atoms with E-state index in [9.17, 15) is 9.59 Å². The van der Waals surface area contributed by atoms with Gasteiger partial charge in [0.2, 0.25) is 11.8 Å². The summed E-state index contributed by atoms with van der Waals surface area (Å²) >= 11 is 0. The molecule has 3 saturated heterocycles. The smallest absolute Gasteiger partial charge is 0.246 e. The largest absolute Gasteiger partial charge is 0.303 e. The van der Waals surface area contributed by atoms with E-state index in [-0.39, 0.29) is 17.9 Å². The van der Waals surface area contributed by atoms with Crippen LogP contribution in [0.1, 0.15) is 38.5 Å². The third kappa shape index (κ3) is 2.30. The summed E-state index contributed by atoms with van der Waals surface area (Å²) in [5.74, 6) is -0.121. The number of likely N-dealkylation sites (N-methyl/N-ethyl adjacent to an activating group) is 1. The highest BCUT2D eigenvalue weighted by molar-refractivity contribution is 6.05. The number of nitrogens with one attached hydrogen (secondary N) is 1. The Balaban J connectivity index is 1.62. The summed E-state index contributed by atoms with van der Waals surface area (Å²) in [5, 5.41) is 3.44. The fourth-order valence-electron chi connectivity index (χ4n) is 3.92. The average Bonchev–Trinajstić information content (AvgIpc) is 2.58. The predicted molar refractivity (Wildman–Crippen MR) is 71.5 cm³/mol. The predicted octanol–water partition coefficient (Wildman–Crippen LogP) is 0.349. The molecule has 1 N–H and O–H groups in total. The number of amides is 2. The van der Waals surface area contributed by atoms with Crippen LogP contribution in [0.3, 0.4) is 0 Å². The van der Waals surface area contributed by atoms with E-state index in [2.05, 4.69) is 17.3 Å². The Morgan fingerprint density at radius 1 is 1.11 bits per heavy atom. The van der Waals surface area contributed by atoms with Crippen molar-refractivity contribution < 1.29 is 9.59 Å². The lowest BCUT2D eigenvalue weighted by Gasteiger charge is -2.47. The number of hydrogen-bond acceptors (Lipinski definition) is 4. The molecule has 0 aliphatic carbocycles. The minimum atomic E-state index is -0.286. The van der Waals surface area contributed by atoms with Gasteiger partial charge in [0.1, 0.15) is 0 Å². The van der Waals surface area contributed by atoms with E-state index in [1.807, 2.05) is 0 Å². The summed E-state index contributed by atoms with van der Waals surface area (Å²) in [5.41, 5.74) is 0. The summed E-state index contributed by atoms with van der Waals surface area (Å²) in [7, 11) is 3.80. The molecule has 0 radical (unpaired) electrons. The van der Waals surface area contributed by atoms with Crippen molar-refractivity contribution in [3.63, 3.8) is 0 Å². The zero-order chi connectivity index (χ0) is 13.6. The molecule has 3 fully saturated rings. The first-order valence-corrected chi connectivity index (χ1v) is 7.34. The molecule has 0 saturated carbocycles. The van der Waals surface area contributed by atoms with Crippen molar-refractivity contribution in [1.29, 1.82) is 0 Å². The van der Waals surface area contributed by atoms with Gasteiger partial charge in [0.15, 0.2) is 0 Å². The lowest BCUT2D eigenvalue weighted by atomic mass is 9.82. The summed E-state index contributed by atoms with van der Waals surface area (Å²) in [6, 6.07) is 1.40. The quantitative estimate of drug-likeness (QED) is 0.732. The second-order valence-corrected chi connectivity index (χ2v) is 6.29. The van der Waals surface area contributed by atoms with Crippen molar-refractivity contribution in [2.45, 2.75) is 62.7 Å². The standard InChI is InChI=1S/C14H23N3O2/c1-16-10-4-3-5-11(16)7-9(6-10)15-12-8-13(18)17(2)14(12)19/h9-12,15H,3-8H2,1-2H3. The van der Waals surface area contributed by atoms with Crippen LogP contribution in [0, 0.1) is 0 Å². The van der Waals surface area contributed by atoms with Gasteiger partial charge in [-0.1, -0.05) is 6.42 Å². The molecule has 0 aromatic carbocycles. The lowest BCUT2D eigenvalue weighted by molar-refractivity contribution is -0.137. The Morgan fingerprint density at radius 3 is 2.26 bits per heavy atom. The summed E-state index contributed by atoms with van der Waals surface area (Å²) in [6.45, 7) is 0. The van der Waals surface area contributed by atoms with Gasteiger partial charge in [0, 0.05) is 25.2 Å². The van der Waals surface area contributed by atoms with E-state index in [0.717, 1.165) is 12.8 Å². The maximum Gasteiger partial charge on any atom is 0.246 e. The van der Waals surface area contributed by atoms with E-state index < -0.39 is 0 Å². The van der Waals surface area contributed by atoms with Gasteiger partial charge in [-0.3, -0.25) is 14.5 Å². The second kappa shape index (κ2) is 4.87. The number of rotatable bonds is 2. The van der Waals surface area contributed by atoms with Crippen molar-refractivity contribution in [2.24, 2.45) is 0 Å². The van der Waals surface area contributed by atoms with Crippen molar-refractivity contribution in [3.05, 3.63) is 0 Å². The van der Waals surface area contributed by atoms with E-state index in [4.69, 9.17) is 0 Å². The van der Waals surface area contributed by atoms with Gasteiger partial charge in [-0.25, -0.2) is 0 Å².